The van der Waals surface area contributed by atoms with Crippen molar-refractivity contribution in [2.75, 3.05) is 12.8 Å². The van der Waals surface area contributed by atoms with E-state index in [-0.39, 0.29) is 0 Å². The Kier molecular flexibility index (Phi) is 4.77. The van der Waals surface area contributed by atoms with Gasteiger partial charge >= 0.3 is 0 Å². The summed E-state index contributed by atoms with van der Waals surface area (Å²) in [5.41, 5.74) is 1.19. The number of likely N-dealkylation sites (N-methyl/N-ethyl adjacent to an activating group) is 1. The number of hydrogen-bond donors (Lipinski definition) is 1. The van der Waals surface area contributed by atoms with Gasteiger partial charge in [0.1, 0.15) is 0 Å². The van der Waals surface area contributed by atoms with E-state index in [1.807, 2.05) is 24.9 Å². The van der Waals surface area contributed by atoms with Crippen molar-refractivity contribution in [1.82, 2.24) is 5.32 Å². The van der Waals surface area contributed by atoms with Crippen LogP contribution in [0.15, 0.2) is 47.4 Å². The lowest BCUT2D eigenvalue weighted by atomic mass is 10.2. The molecule has 0 aliphatic heterocycles. The van der Waals surface area contributed by atoms with Crippen molar-refractivity contribution in [3.05, 3.63) is 42.5 Å². The Morgan fingerprint density at radius 1 is 1.43 bits per heavy atom. The Labute approximate surface area is 90.6 Å². The maximum atomic E-state index is 3.96. The standard InChI is InChI=1S/C12H17NS/c1-10(2)12(13-3)9-14-11-7-5-4-6-8-11/h4-8,12-13H,1,9H2,2-3H3. The van der Waals surface area contributed by atoms with Crippen LogP contribution in [0.4, 0.5) is 0 Å². The summed E-state index contributed by atoms with van der Waals surface area (Å²) in [6, 6.07) is 10.8. The zero-order valence-electron chi connectivity index (χ0n) is 8.79. The monoisotopic (exact) mass is 207 g/mol. The first-order valence-corrected chi connectivity index (χ1v) is 5.73. The van der Waals surface area contributed by atoms with Gasteiger partial charge in [0.25, 0.3) is 0 Å². The molecule has 0 amide bonds. The predicted molar refractivity (Wildman–Crippen MR) is 64.8 cm³/mol. The largest absolute Gasteiger partial charge is 0.313 e. The van der Waals surface area contributed by atoms with Gasteiger partial charge in [-0.1, -0.05) is 30.4 Å². The van der Waals surface area contributed by atoms with Crippen LogP contribution in [0.2, 0.25) is 0 Å². The van der Waals surface area contributed by atoms with E-state index in [9.17, 15) is 0 Å². The van der Waals surface area contributed by atoms with Crippen LogP contribution in [0, 0.1) is 0 Å². The molecule has 0 spiro atoms. The van der Waals surface area contributed by atoms with Crippen molar-refractivity contribution in [1.29, 1.82) is 0 Å². The van der Waals surface area contributed by atoms with Crippen molar-refractivity contribution in [2.45, 2.75) is 17.9 Å². The van der Waals surface area contributed by atoms with Crippen molar-refractivity contribution in [2.24, 2.45) is 0 Å². The first-order valence-electron chi connectivity index (χ1n) is 4.74. The van der Waals surface area contributed by atoms with Gasteiger partial charge in [-0.05, 0) is 26.1 Å². The van der Waals surface area contributed by atoms with Crippen molar-refractivity contribution in [3.63, 3.8) is 0 Å². The summed E-state index contributed by atoms with van der Waals surface area (Å²) in [5, 5.41) is 3.25. The van der Waals surface area contributed by atoms with E-state index in [4.69, 9.17) is 0 Å². The van der Waals surface area contributed by atoms with Crippen LogP contribution in [-0.4, -0.2) is 18.8 Å². The Morgan fingerprint density at radius 2 is 2.07 bits per heavy atom. The molecule has 1 nitrogen and oxygen atoms in total. The molecule has 1 rings (SSSR count). The minimum absolute atomic E-state index is 0.403. The maximum absolute atomic E-state index is 3.96. The molecule has 0 bridgehead atoms. The lowest BCUT2D eigenvalue weighted by molar-refractivity contribution is 0.703. The van der Waals surface area contributed by atoms with Gasteiger partial charge in [0.05, 0.1) is 0 Å². The van der Waals surface area contributed by atoms with Crippen molar-refractivity contribution >= 4 is 11.8 Å². The van der Waals surface area contributed by atoms with Gasteiger partial charge in [-0.3, -0.25) is 0 Å². The fourth-order valence-corrected chi connectivity index (χ4v) is 2.33. The predicted octanol–water partition coefficient (Wildman–Crippen LogP) is 2.94. The highest BCUT2D eigenvalue weighted by Gasteiger charge is 2.06. The molecule has 1 N–H and O–H groups in total. The Morgan fingerprint density at radius 3 is 2.57 bits per heavy atom. The number of thioether (sulfide) groups is 1. The normalized spacial score (nSPS) is 12.4. The van der Waals surface area contributed by atoms with Crippen LogP contribution >= 0.6 is 11.8 Å². The van der Waals surface area contributed by atoms with Gasteiger partial charge in [-0.15, -0.1) is 11.8 Å². The van der Waals surface area contributed by atoms with Crippen molar-refractivity contribution in [3.8, 4) is 0 Å². The Hall–Kier alpha value is -0.730. The summed E-state index contributed by atoms with van der Waals surface area (Å²) in [6.07, 6.45) is 0. The molecule has 2 heteroatoms. The van der Waals surface area contributed by atoms with Crippen LogP contribution < -0.4 is 5.32 Å². The summed E-state index contributed by atoms with van der Waals surface area (Å²) >= 11 is 1.86. The van der Waals surface area contributed by atoms with Gasteiger partial charge in [0.2, 0.25) is 0 Å². The first kappa shape index (κ1) is 11.3. The maximum Gasteiger partial charge on any atom is 0.0366 e. The van der Waals surface area contributed by atoms with E-state index in [0.717, 1.165) is 5.75 Å². The average Bonchev–Trinajstić information content (AvgIpc) is 2.20. The molecule has 14 heavy (non-hydrogen) atoms. The van der Waals surface area contributed by atoms with Crippen LogP contribution in [-0.2, 0) is 0 Å². The number of rotatable bonds is 5. The molecule has 1 aromatic carbocycles. The molecule has 0 fully saturated rings. The summed E-state index contributed by atoms with van der Waals surface area (Å²) in [7, 11) is 1.98. The average molecular weight is 207 g/mol. The highest BCUT2D eigenvalue weighted by Crippen LogP contribution is 2.19. The van der Waals surface area contributed by atoms with Gasteiger partial charge in [-0.25, -0.2) is 0 Å². The van der Waals surface area contributed by atoms with Crippen LogP contribution in [0.5, 0.6) is 0 Å². The molecule has 1 unspecified atom stereocenters. The quantitative estimate of drug-likeness (QED) is 0.588. The number of nitrogens with one attached hydrogen (secondary N) is 1. The van der Waals surface area contributed by atoms with E-state index in [0.29, 0.717) is 6.04 Å². The highest BCUT2D eigenvalue weighted by molar-refractivity contribution is 7.99. The summed E-state index contributed by atoms with van der Waals surface area (Å²) in [4.78, 5) is 1.31. The van der Waals surface area contributed by atoms with Gasteiger partial charge < -0.3 is 5.32 Å². The van der Waals surface area contributed by atoms with Gasteiger partial charge in [0.15, 0.2) is 0 Å². The second-order valence-electron chi connectivity index (χ2n) is 3.31. The van der Waals surface area contributed by atoms with Crippen LogP contribution in [0.3, 0.4) is 0 Å². The molecular weight excluding hydrogens is 190 g/mol. The molecular formula is C12H17NS. The molecule has 1 aromatic rings. The molecule has 0 saturated carbocycles. The molecule has 0 radical (unpaired) electrons. The van der Waals surface area contributed by atoms with E-state index in [2.05, 4.69) is 43.1 Å². The lowest BCUT2D eigenvalue weighted by Gasteiger charge is -2.15. The second-order valence-corrected chi connectivity index (χ2v) is 4.41. The fraction of sp³-hybridized carbons (Fsp3) is 0.333. The summed E-state index contributed by atoms with van der Waals surface area (Å²) < 4.78 is 0. The fourth-order valence-electron chi connectivity index (χ4n) is 1.17. The van der Waals surface area contributed by atoms with Crippen LogP contribution in [0.25, 0.3) is 0 Å². The van der Waals surface area contributed by atoms with Gasteiger partial charge in [0, 0.05) is 16.7 Å². The van der Waals surface area contributed by atoms with Crippen LogP contribution in [0.1, 0.15) is 6.92 Å². The smallest absolute Gasteiger partial charge is 0.0366 e. The van der Waals surface area contributed by atoms with E-state index >= 15 is 0 Å². The zero-order chi connectivity index (χ0) is 10.4. The lowest BCUT2D eigenvalue weighted by Crippen LogP contribution is -2.28. The third-order valence-electron chi connectivity index (χ3n) is 2.10. The third kappa shape index (κ3) is 3.56. The molecule has 0 aromatic heterocycles. The Bertz CT molecular complexity index is 282. The third-order valence-corrected chi connectivity index (χ3v) is 3.21. The molecule has 0 heterocycles. The minimum atomic E-state index is 0.403. The summed E-state index contributed by atoms with van der Waals surface area (Å²) in [6.45, 7) is 6.02. The highest BCUT2D eigenvalue weighted by atomic mass is 32.2. The number of benzene rings is 1. The zero-order valence-corrected chi connectivity index (χ0v) is 9.60. The topological polar surface area (TPSA) is 12.0 Å². The van der Waals surface area contributed by atoms with Crippen molar-refractivity contribution < 1.29 is 0 Å². The minimum Gasteiger partial charge on any atom is -0.313 e. The molecule has 0 saturated heterocycles. The summed E-state index contributed by atoms with van der Waals surface area (Å²) in [5.74, 6) is 1.04. The second kappa shape index (κ2) is 5.89. The van der Waals surface area contributed by atoms with E-state index in [1.54, 1.807) is 0 Å². The molecule has 1 atom stereocenters. The Balaban J connectivity index is 2.44. The molecule has 0 aliphatic rings. The molecule has 76 valence electrons. The number of hydrogen-bond acceptors (Lipinski definition) is 2. The van der Waals surface area contributed by atoms with E-state index < -0.39 is 0 Å². The first-order chi connectivity index (χ1) is 6.74. The van der Waals surface area contributed by atoms with Gasteiger partial charge in [-0.2, -0.15) is 0 Å². The SMILES string of the molecule is C=C(C)C(CSc1ccccc1)NC. The molecule has 0 aliphatic carbocycles. The van der Waals surface area contributed by atoms with E-state index in [1.165, 1.54) is 10.5 Å².